The Morgan fingerprint density at radius 2 is 2.10 bits per heavy atom. The highest BCUT2D eigenvalue weighted by molar-refractivity contribution is 6.37. The molecular formula is C15H13ClN4O. The van der Waals surface area contributed by atoms with Crippen LogP contribution in [0.2, 0.25) is 5.02 Å². The Labute approximate surface area is 126 Å². The Hall–Kier alpha value is -2.23. The lowest BCUT2D eigenvalue weighted by molar-refractivity contribution is -0.117. The molecule has 1 saturated heterocycles. The van der Waals surface area contributed by atoms with E-state index in [1.807, 2.05) is 36.4 Å². The van der Waals surface area contributed by atoms with E-state index in [0.29, 0.717) is 24.5 Å². The third-order valence-corrected chi connectivity index (χ3v) is 4.05. The zero-order valence-corrected chi connectivity index (χ0v) is 12.0. The predicted octanol–water partition coefficient (Wildman–Crippen LogP) is 4.16. The first-order valence-corrected chi connectivity index (χ1v) is 7.07. The van der Waals surface area contributed by atoms with Crippen LogP contribution in [0.5, 0.6) is 0 Å². The van der Waals surface area contributed by atoms with Gasteiger partial charge in [-0.25, -0.2) is 0 Å². The van der Waals surface area contributed by atoms with Crippen LogP contribution in [-0.2, 0) is 4.79 Å². The Bertz CT molecular complexity index is 749. The van der Waals surface area contributed by atoms with Gasteiger partial charge in [-0.3, -0.25) is 4.79 Å². The van der Waals surface area contributed by atoms with E-state index in [4.69, 9.17) is 17.1 Å². The molecule has 1 atom stereocenters. The Morgan fingerprint density at radius 1 is 1.33 bits per heavy atom. The Morgan fingerprint density at radius 3 is 2.86 bits per heavy atom. The molecule has 2 aromatic carbocycles. The van der Waals surface area contributed by atoms with E-state index in [2.05, 4.69) is 10.0 Å². The number of halogens is 1. The molecule has 3 rings (SSSR count). The van der Waals surface area contributed by atoms with Crippen LogP contribution >= 0.6 is 11.6 Å². The Balaban J connectivity index is 2.01. The summed E-state index contributed by atoms with van der Waals surface area (Å²) in [5, 5.41) is 6.10. The van der Waals surface area contributed by atoms with Gasteiger partial charge in [0.1, 0.15) is 0 Å². The molecule has 1 fully saturated rings. The fraction of sp³-hybridized carbons (Fsp3) is 0.267. The third-order valence-electron chi connectivity index (χ3n) is 3.73. The van der Waals surface area contributed by atoms with Crippen molar-refractivity contribution in [3.05, 3.63) is 51.9 Å². The number of rotatable bonds is 3. The molecule has 0 N–H and O–H groups in total. The third kappa shape index (κ3) is 2.53. The van der Waals surface area contributed by atoms with E-state index in [1.54, 1.807) is 4.90 Å². The molecular weight excluding hydrogens is 288 g/mol. The van der Waals surface area contributed by atoms with Gasteiger partial charge >= 0.3 is 0 Å². The van der Waals surface area contributed by atoms with Gasteiger partial charge in [0.15, 0.2) is 0 Å². The molecule has 0 aromatic heterocycles. The van der Waals surface area contributed by atoms with E-state index < -0.39 is 0 Å². The lowest BCUT2D eigenvalue weighted by Crippen LogP contribution is -2.25. The van der Waals surface area contributed by atoms with Gasteiger partial charge in [-0.1, -0.05) is 41.0 Å². The van der Waals surface area contributed by atoms with E-state index in [0.717, 1.165) is 16.5 Å². The molecule has 0 saturated carbocycles. The number of hydrogen-bond donors (Lipinski definition) is 0. The van der Waals surface area contributed by atoms with Gasteiger partial charge in [0, 0.05) is 29.8 Å². The number of amides is 1. The van der Waals surface area contributed by atoms with Gasteiger partial charge in [0.2, 0.25) is 5.91 Å². The van der Waals surface area contributed by atoms with Gasteiger partial charge in [0.05, 0.1) is 10.7 Å². The molecule has 1 amide bonds. The summed E-state index contributed by atoms with van der Waals surface area (Å²) in [6.45, 7) is 0.902. The summed E-state index contributed by atoms with van der Waals surface area (Å²) in [7, 11) is 0. The highest BCUT2D eigenvalue weighted by atomic mass is 35.5. The van der Waals surface area contributed by atoms with Crippen molar-refractivity contribution in [3.63, 3.8) is 0 Å². The number of carbonyl (C=O) groups excluding carboxylic acids is 1. The van der Waals surface area contributed by atoms with Crippen molar-refractivity contribution in [1.29, 1.82) is 0 Å². The number of benzene rings is 2. The van der Waals surface area contributed by atoms with Crippen molar-refractivity contribution in [2.75, 3.05) is 18.0 Å². The minimum Gasteiger partial charge on any atom is -0.311 e. The summed E-state index contributed by atoms with van der Waals surface area (Å²) in [4.78, 5) is 16.8. The number of hydrogen-bond acceptors (Lipinski definition) is 2. The van der Waals surface area contributed by atoms with Gasteiger partial charge < -0.3 is 4.90 Å². The van der Waals surface area contributed by atoms with Crippen molar-refractivity contribution in [3.8, 4) is 0 Å². The normalized spacial score (nSPS) is 18.0. The first-order chi connectivity index (χ1) is 10.2. The van der Waals surface area contributed by atoms with Crippen LogP contribution in [0.25, 0.3) is 21.2 Å². The zero-order valence-electron chi connectivity index (χ0n) is 11.2. The second-order valence-corrected chi connectivity index (χ2v) is 5.51. The standard InChI is InChI=1S/C15H13ClN4O/c16-12-5-1-3-11-4-2-6-13(15(11)12)20-9-10(7-14(20)21)8-18-19-17/h1-6,10H,7-9H2. The molecule has 1 aliphatic heterocycles. The number of nitrogens with zero attached hydrogens (tertiary/aromatic N) is 4. The van der Waals surface area contributed by atoms with Crippen LogP contribution in [0, 0.1) is 5.92 Å². The van der Waals surface area contributed by atoms with E-state index in [1.165, 1.54) is 0 Å². The van der Waals surface area contributed by atoms with Crippen molar-refractivity contribution < 1.29 is 4.79 Å². The van der Waals surface area contributed by atoms with Crippen LogP contribution in [0.15, 0.2) is 41.5 Å². The Kier molecular flexibility index (Phi) is 3.69. The molecule has 6 heteroatoms. The summed E-state index contributed by atoms with van der Waals surface area (Å²) in [6, 6.07) is 11.5. The smallest absolute Gasteiger partial charge is 0.227 e. The molecule has 1 unspecified atom stereocenters. The molecule has 0 radical (unpaired) electrons. The largest absolute Gasteiger partial charge is 0.311 e. The highest BCUT2D eigenvalue weighted by Gasteiger charge is 2.31. The molecule has 0 bridgehead atoms. The van der Waals surface area contributed by atoms with Crippen LogP contribution in [0.3, 0.4) is 0 Å². The summed E-state index contributed by atoms with van der Waals surface area (Å²) in [5.41, 5.74) is 9.22. The summed E-state index contributed by atoms with van der Waals surface area (Å²) in [6.07, 6.45) is 0.403. The fourth-order valence-electron chi connectivity index (χ4n) is 2.79. The second kappa shape index (κ2) is 5.64. The fourth-order valence-corrected chi connectivity index (χ4v) is 3.07. The van der Waals surface area contributed by atoms with Gasteiger partial charge in [0.25, 0.3) is 0 Å². The SMILES string of the molecule is [N-]=[N+]=NCC1CC(=O)N(c2cccc3cccc(Cl)c23)C1. The number of fused-ring (bicyclic) bond motifs is 1. The topological polar surface area (TPSA) is 69.1 Å². The first-order valence-electron chi connectivity index (χ1n) is 6.69. The molecule has 106 valence electrons. The van der Waals surface area contributed by atoms with Gasteiger partial charge in [-0.2, -0.15) is 0 Å². The maximum absolute atomic E-state index is 12.3. The van der Waals surface area contributed by atoms with Crippen LogP contribution in [0.4, 0.5) is 5.69 Å². The number of anilines is 1. The molecule has 21 heavy (non-hydrogen) atoms. The summed E-state index contributed by atoms with van der Waals surface area (Å²) in [5.74, 6) is 0.103. The van der Waals surface area contributed by atoms with Crippen molar-refractivity contribution >= 4 is 34.0 Å². The average molecular weight is 301 g/mol. The average Bonchev–Trinajstić information content (AvgIpc) is 2.86. The highest BCUT2D eigenvalue weighted by Crippen LogP contribution is 2.35. The lowest BCUT2D eigenvalue weighted by Gasteiger charge is -2.19. The van der Waals surface area contributed by atoms with Gasteiger partial charge in [-0.15, -0.1) is 0 Å². The maximum atomic E-state index is 12.3. The van der Waals surface area contributed by atoms with Crippen molar-refractivity contribution in [2.45, 2.75) is 6.42 Å². The van der Waals surface area contributed by atoms with E-state index in [-0.39, 0.29) is 11.8 Å². The zero-order chi connectivity index (χ0) is 14.8. The minimum atomic E-state index is 0.0422. The van der Waals surface area contributed by atoms with Gasteiger partial charge in [-0.05, 0) is 29.0 Å². The van der Waals surface area contributed by atoms with E-state index in [9.17, 15) is 4.79 Å². The molecule has 0 spiro atoms. The van der Waals surface area contributed by atoms with Crippen molar-refractivity contribution in [2.24, 2.45) is 11.0 Å². The van der Waals surface area contributed by atoms with Crippen LogP contribution in [-0.4, -0.2) is 19.0 Å². The molecule has 0 aliphatic carbocycles. The first kappa shape index (κ1) is 13.7. The second-order valence-electron chi connectivity index (χ2n) is 5.10. The maximum Gasteiger partial charge on any atom is 0.227 e. The summed E-state index contributed by atoms with van der Waals surface area (Å²) >= 11 is 6.30. The lowest BCUT2D eigenvalue weighted by atomic mass is 10.1. The molecule has 5 nitrogen and oxygen atoms in total. The minimum absolute atomic E-state index is 0.0422. The monoisotopic (exact) mass is 300 g/mol. The predicted molar refractivity (Wildman–Crippen MR) is 83.4 cm³/mol. The van der Waals surface area contributed by atoms with E-state index >= 15 is 0 Å². The van der Waals surface area contributed by atoms with Crippen LogP contribution < -0.4 is 4.90 Å². The number of carbonyl (C=O) groups is 1. The molecule has 1 heterocycles. The quantitative estimate of drug-likeness (QED) is 0.477. The number of azide groups is 1. The van der Waals surface area contributed by atoms with Crippen LogP contribution in [0.1, 0.15) is 6.42 Å². The molecule has 2 aromatic rings. The summed E-state index contributed by atoms with van der Waals surface area (Å²) < 4.78 is 0. The molecule has 1 aliphatic rings. The van der Waals surface area contributed by atoms with Crippen molar-refractivity contribution in [1.82, 2.24) is 0 Å².